The average Bonchev–Trinajstić information content (AvgIpc) is 2.42. The molecule has 0 heterocycles. The van der Waals surface area contributed by atoms with Crippen LogP contribution in [0.3, 0.4) is 0 Å². The SMILES string of the molecule is CC.CC.CCCC(CC)(CS)CC(F)C(C)C. The van der Waals surface area contributed by atoms with Gasteiger partial charge in [-0.15, -0.1) is 0 Å². The van der Waals surface area contributed by atoms with Crippen molar-refractivity contribution in [2.75, 3.05) is 5.75 Å². The molecule has 2 heteroatoms. The van der Waals surface area contributed by atoms with Crippen LogP contribution < -0.4 is 0 Å². The third-order valence-electron chi connectivity index (χ3n) is 3.22. The summed E-state index contributed by atoms with van der Waals surface area (Å²) < 4.78 is 13.7. The molecule has 0 rings (SSSR count). The molecule has 18 heavy (non-hydrogen) atoms. The molecule has 0 N–H and O–H groups in total. The summed E-state index contributed by atoms with van der Waals surface area (Å²) >= 11 is 4.39. The lowest BCUT2D eigenvalue weighted by atomic mass is 9.76. The van der Waals surface area contributed by atoms with E-state index in [1.165, 1.54) is 0 Å². The van der Waals surface area contributed by atoms with Crippen LogP contribution in [0.5, 0.6) is 0 Å². The van der Waals surface area contributed by atoms with Crippen LogP contribution in [0.25, 0.3) is 0 Å². The minimum absolute atomic E-state index is 0.127. The highest BCUT2D eigenvalue weighted by molar-refractivity contribution is 7.80. The Morgan fingerprint density at radius 1 is 1.06 bits per heavy atom. The second kappa shape index (κ2) is 15.3. The van der Waals surface area contributed by atoms with Gasteiger partial charge >= 0.3 is 0 Å². The number of hydrogen-bond acceptors (Lipinski definition) is 1. The Morgan fingerprint density at radius 3 is 1.72 bits per heavy atom. The fourth-order valence-electron chi connectivity index (χ4n) is 1.86. The number of halogens is 1. The van der Waals surface area contributed by atoms with Crippen LogP contribution in [-0.2, 0) is 0 Å². The molecule has 0 aliphatic heterocycles. The van der Waals surface area contributed by atoms with E-state index in [0.717, 1.165) is 25.0 Å². The van der Waals surface area contributed by atoms with Gasteiger partial charge in [0, 0.05) is 0 Å². The normalized spacial score (nSPS) is 14.8. The fraction of sp³-hybridized carbons (Fsp3) is 1.00. The Bertz CT molecular complexity index is 142. The predicted octanol–water partition coefficient (Wildman–Crippen LogP) is 6.55. The molecule has 0 spiro atoms. The first-order valence-electron chi connectivity index (χ1n) is 7.76. The van der Waals surface area contributed by atoms with Crippen LogP contribution in [0.15, 0.2) is 0 Å². The molecule has 0 nitrogen and oxygen atoms in total. The molecule has 0 aromatic carbocycles. The van der Waals surface area contributed by atoms with E-state index in [-0.39, 0.29) is 11.3 Å². The van der Waals surface area contributed by atoms with E-state index in [1.54, 1.807) is 0 Å². The third kappa shape index (κ3) is 10.2. The lowest BCUT2D eigenvalue weighted by Gasteiger charge is -2.33. The van der Waals surface area contributed by atoms with Gasteiger partial charge in [-0.05, 0) is 36.3 Å². The lowest BCUT2D eigenvalue weighted by molar-refractivity contribution is 0.142. The lowest BCUT2D eigenvalue weighted by Crippen LogP contribution is -2.28. The summed E-state index contributed by atoms with van der Waals surface area (Å²) in [5.41, 5.74) is 0.127. The highest BCUT2D eigenvalue weighted by atomic mass is 32.1. The van der Waals surface area contributed by atoms with Gasteiger partial charge in [-0.2, -0.15) is 12.6 Å². The van der Waals surface area contributed by atoms with Gasteiger partial charge in [0.05, 0.1) is 0 Å². The van der Waals surface area contributed by atoms with Crippen molar-refractivity contribution >= 4 is 12.6 Å². The first-order chi connectivity index (χ1) is 8.51. The summed E-state index contributed by atoms with van der Waals surface area (Å²) in [6.07, 6.45) is 3.27. The van der Waals surface area contributed by atoms with Crippen LogP contribution >= 0.6 is 12.6 Å². The van der Waals surface area contributed by atoms with Crippen molar-refractivity contribution in [2.45, 2.75) is 87.2 Å². The van der Waals surface area contributed by atoms with E-state index in [9.17, 15) is 4.39 Å². The first-order valence-corrected chi connectivity index (χ1v) is 8.39. The van der Waals surface area contributed by atoms with Crippen LogP contribution in [-0.4, -0.2) is 11.9 Å². The Morgan fingerprint density at radius 2 is 1.50 bits per heavy atom. The van der Waals surface area contributed by atoms with Crippen molar-refractivity contribution < 1.29 is 4.39 Å². The van der Waals surface area contributed by atoms with Gasteiger partial charge < -0.3 is 0 Å². The Kier molecular flexibility index (Phi) is 19.9. The molecule has 114 valence electrons. The van der Waals surface area contributed by atoms with Gasteiger partial charge in [0.25, 0.3) is 0 Å². The molecule has 0 radical (unpaired) electrons. The van der Waals surface area contributed by atoms with Crippen molar-refractivity contribution in [3.63, 3.8) is 0 Å². The fourth-order valence-corrected chi connectivity index (χ4v) is 2.37. The predicted molar refractivity (Wildman–Crippen MR) is 88.5 cm³/mol. The molecule has 0 aliphatic rings. The molecule has 0 saturated heterocycles. The zero-order valence-corrected chi connectivity index (χ0v) is 14.9. The van der Waals surface area contributed by atoms with Gasteiger partial charge in [0.15, 0.2) is 0 Å². The molecule has 0 fully saturated rings. The average molecular weight is 281 g/mol. The van der Waals surface area contributed by atoms with Crippen molar-refractivity contribution in [2.24, 2.45) is 11.3 Å². The van der Waals surface area contributed by atoms with Gasteiger partial charge in [-0.1, -0.05) is 61.8 Å². The standard InChI is InChI=1S/C12H25FS.2C2H6/c1-5-7-12(6-2,9-14)8-11(13)10(3)4;2*1-2/h10-11,14H,5-9H2,1-4H3;2*1-2H3. The Balaban J connectivity index is -0.000000506. The first kappa shape index (κ1) is 23.4. The number of rotatable bonds is 7. The third-order valence-corrected chi connectivity index (χ3v) is 3.89. The van der Waals surface area contributed by atoms with Gasteiger partial charge in [-0.3, -0.25) is 0 Å². The van der Waals surface area contributed by atoms with Crippen molar-refractivity contribution in [1.29, 1.82) is 0 Å². The van der Waals surface area contributed by atoms with Crippen molar-refractivity contribution in [3.05, 3.63) is 0 Å². The molecule has 2 unspecified atom stereocenters. The van der Waals surface area contributed by atoms with Gasteiger partial charge in [0.1, 0.15) is 6.17 Å². The van der Waals surface area contributed by atoms with Crippen LogP contribution in [0.4, 0.5) is 4.39 Å². The van der Waals surface area contributed by atoms with Crippen LogP contribution in [0, 0.1) is 11.3 Å². The van der Waals surface area contributed by atoms with Gasteiger partial charge in [0.2, 0.25) is 0 Å². The Labute approximate surface area is 122 Å². The smallest absolute Gasteiger partial charge is 0.103 e. The molecule has 0 bridgehead atoms. The molecule has 2 atom stereocenters. The summed E-state index contributed by atoms with van der Waals surface area (Å²) in [5.74, 6) is 0.947. The van der Waals surface area contributed by atoms with E-state index < -0.39 is 6.17 Å². The summed E-state index contributed by atoms with van der Waals surface area (Å²) in [5, 5.41) is 0. The molecule has 0 saturated carbocycles. The maximum absolute atomic E-state index is 13.7. The van der Waals surface area contributed by atoms with Crippen LogP contribution in [0.1, 0.15) is 81.1 Å². The monoisotopic (exact) mass is 280 g/mol. The van der Waals surface area contributed by atoms with Crippen molar-refractivity contribution in [3.8, 4) is 0 Å². The highest BCUT2D eigenvalue weighted by Crippen LogP contribution is 2.37. The Hall–Kier alpha value is 0.280. The molecular weight excluding hydrogens is 243 g/mol. The summed E-state index contributed by atoms with van der Waals surface area (Å²) in [6, 6.07) is 0. The second-order valence-electron chi connectivity index (χ2n) is 4.73. The number of hydrogen-bond donors (Lipinski definition) is 1. The molecule has 0 amide bonds. The quantitative estimate of drug-likeness (QED) is 0.502. The van der Waals surface area contributed by atoms with E-state index in [2.05, 4.69) is 26.5 Å². The van der Waals surface area contributed by atoms with Crippen LogP contribution in [0.2, 0.25) is 0 Å². The summed E-state index contributed by atoms with van der Waals surface area (Å²) in [7, 11) is 0. The minimum atomic E-state index is -0.673. The molecule has 0 aliphatic carbocycles. The molecule has 0 aromatic heterocycles. The minimum Gasteiger partial charge on any atom is -0.247 e. The maximum atomic E-state index is 13.7. The van der Waals surface area contributed by atoms with E-state index in [0.29, 0.717) is 6.42 Å². The maximum Gasteiger partial charge on any atom is 0.103 e. The van der Waals surface area contributed by atoms with E-state index in [4.69, 9.17) is 0 Å². The zero-order chi connectivity index (χ0) is 15.2. The second-order valence-corrected chi connectivity index (χ2v) is 5.04. The van der Waals surface area contributed by atoms with Crippen molar-refractivity contribution in [1.82, 2.24) is 0 Å². The number of thiol groups is 1. The highest BCUT2D eigenvalue weighted by Gasteiger charge is 2.30. The molecule has 0 aromatic rings. The largest absolute Gasteiger partial charge is 0.247 e. The topological polar surface area (TPSA) is 0 Å². The zero-order valence-electron chi connectivity index (χ0n) is 14.0. The van der Waals surface area contributed by atoms with E-state index in [1.807, 2.05) is 41.5 Å². The number of alkyl halides is 1. The summed E-state index contributed by atoms with van der Waals surface area (Å²) in [4.78, 5) is 0. The summed E-state index contributed by atoms with van der Waals surface area (Å²) in [6.45, 7) is 16.2. The van der Waals surface area contributed by atoms with Gasteiger partial charge in [-0.25, -0.2) is 4.39 Å². The molecular formula is C16H37FS. The van der Waals surface area contributed by atoms with E-state index >= 15 is 0 Å².